The lowest BCUT2D eigenvalue weighted by molar-refractivity contribution is 0.769. The summed E-state index contributed by atoms with van der Waals surface area (Å²) in [7, 11) is 0. The molecule has 0 heterocycles. The highest BCUT2D eigenvalue weighted by molar-refractivity contribution is 5.89. The minimum Gasteiger partial charge on any atom is -0.0622 e. The van der Waals surface area contributed by atoms with Gasteiger partial charge in [-0.1, -0.05) is 133 Å². The van der Waals surface area contributed by atoms with Crippen LogP contribution >= 0.6 is 0 Å². The van der Waals surface area contributed by atoms with Gasteiger partial charge in [0.15, 0.2) is 0 Å². The zero-order chi connectivity index (χ0) is 25.1. The van der Waals surface area contributed by atoms with Gasteiger partial charge < -0.3 is 0 Å². The second kappa shape index (κ2) is 8.16. The molecule has 0 fully saturated rings. The maximum Gasteiger partial charge on any atom is 0.0713 e. The van der Waals surface area contributed by atoms with Crippen LogP contribution in [0.3, 0.4) is 0 Å². The fourth-order valence-corrected chi connectivity index (χ4v) is 6.93. The lowest BCUT2D eigenvalue weighted by Gasteiger charge is -2.34. The SMILES string of the molecule is c1ccc(C2(c3ccccc3)c3ccccc3-c3ccc(-c4ccc5c(c4)-c4ccccc4C5)cc32)cc1. The van der Waals surface area contributed by atoms with Crippen molar-refractivity contribution in [3.63, 3.8) is 0 Å². The average molecular weight is 483 g/mol. The number of fused-ring (bicyclic) bond motifs is 6. The second-order valence-corrected chi connectivity index (χ2v) is 10.5. The summed E-state index contributed by atoms with van der Waals surface area (Å²) >= 11 is 0. The van der Waals surface area contributed by atoms with E-state index in [1.165, 1.54) is 66.8 Å². The third-order valence-corrected chi connectivity index (χ3v) is 8.59. The van der Waals surface area contributed by atoms with E-state index in [1.807, 2.05) is 0 Å². The predicted octanol–water partition coefficient (Wildman–Crippen LogP) is 9.29. The standard InChI is InChI=1S/C38H26/c1-3-12-30(13-4-1)38(31-14-5-2-6-15-31)36-18-10-9-17-33(36)34-22-21-27(25-37(34)38)26-19-20-29-23-28-11-7-8-16-32(28)35(29)24-26/h1-22,24-25H,23H2. The molecule has 2 aliphatic carbocycles. The van der Waals surface area contributed by atoms with E-state index in [4.69, 9.17) is 0 Å². The van der Waals surface area contributed by atoms with E-state index < -0.39 is 0 Å². The maximum absolute atomic E-state index is 2.46. The van der Waals surface area contributed by atoms with Gasteiger partial charge in [0.1, 0.15) is 0 Å². The predicted molar refractivity (Wildman–Crippen MR) is 157 cm³/mol. The third-order valence-electron chi connectivity index (χ3n) is 8.59. The molecule has 0 nitrogen and oxygen atoms in total. The number of hydrogen-bond donors (Lipinski definition) is 0. The molecule has 178 valence electrons. The lowest BCUT2D eigenvalue weighted by atomic mass is 9.67. The molecule has 6 aromatic rings. The van der Waals surface area contributed by atoms with Crippen LogP contribution in [0, 0.1) is 0 Å². The van der Waals surface area contributed by atoms with Crippen LogP contribution in [-0.2, 0) is 11.8 Å². The van der Waals surface area contributed by atoms with Crippen LogP contribution in [0.1, 0.15) is 33.4 Å². The van der Waals surface area contributed by atoms with Crippen molar-refractivity contribution in [3.8, 4) is 33.4 Å². The first-order valence-corrected chi connectivity index (χ1v) is 13.4. The summed E-state index contributed by atoms with van der Waals surface area (Å²) in [4.78, 5) is 0. The molecule has 38 heavy (non-hydrogen) atoms. The quantitative estimate of drug-likeness (QED) is 0.235. The smallest absolute Gasteiger partial charge is 0.0622 e. The molecule has 0 bridgehead atoms. The normalized spacial score (nSPS) is 13.9. The van der Waals surface area contributed by atoms with Gasteiger partial charge in [-0.25, -0.2) is 0 Å². The molecular weight excluding hydrogens is 456 g/mol. The Labute approximate surface area is 223 Å². The van der Waals surface area contributed by atoms with Gasteiger partial charge in [-0.15, -0.1) is 0 Å². The van der Waals surface area contributed by atoms with Gasteiger partial charge in [-0.3, -0.25) is 0 Å². The molecule has 0 aliphatic heterocycles. The van der Waals surface area contributed by atoms with E-state index in [1.54, 1.807) is 0 Å². The Hall–Kier alpha value is -4.68. The van der Waals surface area contributed by atoms with E-state index in [2.05, 4.69) is 146 Å². The fraction of sp³-hybridized carbons (Fsp3) is 0.0526. The van der Waals surface area contributed by atoms with Crippen LogP contribution < -0.4 is 0 Å². The van der Waals surface area contributed by atoms with Crippen molar-refractivity contribution in [3.05, 3.63) is 179 Å². The molecular formula is C38H26. The first-order valence-electron chi connectivity index (χ1n) is 13.4. The number of hydrogen-bond acceptors (Lipinski definition) is 0. The Balaban J connectivity index is 1.40. The van der Waals surface area contributed by atoms with Crippen LogP contribution in [0.25, 0.3) is 33.4 Å². The van der Waals surface area contributed by atoms with Gasteiger partial charge in [0.25, 0.3) is 0 Å². The number of rotatable bonds is 3. The van der Waals surface area contributed by atoms with Gasteiger partial charge >= 0.3 is 0 Å². The van der Waals surface area contributed by atoms with Crippen LogP contribution in [0.2, 0.25) is 0 Å². The van der Waals surface area contributed by atoms with E-state index in [9.17, 15) is 0 Å². The molecule has 0 N–H and O–H groups in total. The highest BCUT2D eigenvalue weighted by Crippen LogP contribution is 2.56. The van der Waals surface area contributed by atoms with Crippen molar-refractivity contribution in [1.29, 1.82) is 0 Å². The summed E-state index contributed by atoms with van der Waals surface area (Å²) in [5.74, 6) is 0. The van der Waals surface area contributed by atoms with Crippen molar-refractivity contribution in [2.75, 3.05) is 0 Å². The molecule has 0 unspecified atom stereocenters. The van der Waals surface area contributed by atoms with Gasteiger partial charge in [-0.2, -0.15) is 0 Å². The van der Waals surface area contributed by atoms with Gasteiger partial charge in [0.05, 0.1) is 5.41 Å². The molecule has 0 spiro atoms. The molecule has 8 rings (SSSR count). The monoisotopic (exact) mass is 482 g/mol. The Kier molecular flexibility index (Phi) is 4.60. The highest BCUT2D eigenvalue weighted by Gasteiger charge is 2.46. The van der Waals surface area contributed by atoms with Gasteiger partial charge in [0.2, 0.25) is 0 Å². The molecule has 2 aliphatic rings. The summed E-state index contributed by atoms with van der Waals surface area (Å²) in [6.45, 7) is 0. The molecule has 0 saturated carbocycles. The zero-order valence-electron chi connectivity index (χ0n) is 21.1. The van der Waals surface area contributed by atoms with Crippen LogP contribution in [-0.4, -0.2) is 0 Å². The van der Waals surface area contributed by atoms with Gasteiger partial charge in [0, 0.05) is 0 Å². The zero-order valence-corrected chi connectivity index (χ0v) is 21.1. The second-order valence-electron chi connectivity index (χ2n) is 10.5. The Morgan fingerprint density at radius 3 is 1.68 bits per heavy atom. The molecule has 0 atom stereocenters. The minimum absolute atomic E-state index is 0.367. The number of benzene rings is 6. The van der Waals surface area contributed by atoms with E-state index in [0.29, 0.717) is 0 Å². The summed E-state index contributed by atoms with van der Waals surface area (Å²) in [6.07, 6.45) is 1.02. The van der Waals surface area contributed by atoms with Crippen molar-refractivity contribution in [2.45, 2.75) is 11.8 Å². The van der Waals surface area contributed by atoms with Crippen molar-refractivity contribution < 1.29 is 0 Å². The lowest BCUT2D eigenvalue weighted by Crippen LogP contribution is -2.28. The first-order chi connectivity index (χ1) is 18.8. The minimum atomic E-state index is -0.367. The van der Waals surface area contributed by atoms with Gasteiger partial charge in [-0.05, 0) is 85.3 Å². The molecule has 6 aromatic carbocycles. The first kappa shape index (κ1) is 21.4. The topological polar surface area (TPSA) is 0 Å². The van der Waals surface area contributed by atoms with E-state index in [0.717, 1.165) is 6.42 Å². The average Bonchev–Trinajstić information content (AvgIpc) is 3.51. The van der Waals surface area contributed by atoms with Crippen LogP contribution in [0.5, 0.6) is 0 Å². The van der Waals surface area contributed by atoms with Crippen molar-refractivity contribution in [2.24, 2.45) is 0 Å². The summed E-state index contributed by atoms with van der Waals surface area (Å²) in [5, 5.41) is 0. The largest absolute Gasteiger partial charge is 0.0713 e. The van der Waals surface area contributed by atoms with E-state index >= 15 is 0 Å². The Bertz CT molecular complexity index is 1790. The molecule has 0 saturated heterocycles. The van der Waals surface area contributed by atoms with E-state index in [-0.39, 0.29) is 5.41 Å². The third kappa shape index (κ3) is 2.92. The van der Waals surface area contributed by atoms with Crippen molar-refractivity contribution in [1.82, 2.24) is 0 Å². The molecule has 0 heteroatoms. The fourth-order valence-electron chi connectivity index (χ4n) is 6.93. The highest BCUT2D eigenvalue weighted by atomic mass is 14.5. The summed E-state index contributed by atoms with van der Waals surface area (Å²) in [5.41, 5.74) is 15.7. The van der Waals surface area contributed by atoms with Crippen LogP contribution in [0.4, 0.5) is 0 Å². The Morgan fingerprint density at radius 1 is 0.368 bits per heavy atom. The molecule has 0 aromatic heterocycles. The summed E-state index contributed by atoms with van der Waals surface area (Å²) in [6, 6.07) is 54.0. The summed E-state index contributed by atoms with van der Waals surface area (Å²) < 4.78 is 0. The molecule has 0 radical (unpaired) electrons. The Morgan fingerprint density at radius 2 is 0.921 bits per heavy atom. The van der Waals surface area contributed by atoms with Crippen LogP contribution in [0.15, 0.2) is 146 Å². The van der Waals surface area contributed by atoms with Crippen molar-refractivity contribution >= 4 is 0 Å². The molecule has 0 amide bonds. The maximum atomic E-state index is 2.46.